The summed E-state index contributed by atoms with van der Waals surface area (Å²) >= 11 is 0. The first-order valence-electron chi connectivity index (χ1n) is 15.7. The van der Waals surface area contributed by atoms with Gasteiger partial charge in [0.1, 0.15) is 0 Å². The summed E-state index contributed by atoms with van der Waals surface area (Å²) in [6.07, 6.45) is 6.02. The van der Waals surface area contributed by atoms with E-state index in [2.05, 4.69) is 173 Å². The minimum Gasteiger partial charge on any atom is -0.310 e. The van der Waals surface area contributed by atoms with Crippen molar-refractivity contribution in [2.45, 2.75) is 6.92 Å². The highest BCUT2D eigenvalue weighted by Gasteiger charge is 2.20. The molecule has 0 saturated heterocycles. The van der Waals surface area contributed by atoms with Crippen LogP contribution in [-0.2, 0) is 0 Å². The fourth-order valence-corrected chi connectivity index (χ4v) is 7.37. The van der Waals surface area contributed by atoms with Gasteiger partial charge in [-0.25, -0.2) is 0 Å². The Balaban J connectivity index is 1.36. The number of rotatable bonds is 5. The van der Waals surface area contributed by atoms with Crippen molar-refractivity contribution in [2.75, 3.05) is 0 Å². The third-order valence-corrected chi connectivity index (χ3v) is 9.39. The lowest BCUT2D eigenvalue weighted by Crippen LogP contribution is -1.97. The molecule has 0 saturated carbocycles. The lowest BCUT2D eigenvalue weighted by molar-refractivity contribution is 1.10. The summed E-state index contributed by atoms with van der Waals surface area (Å²) in [4.78, 5) is 0. The fraction of sp³-hybridized carbons (Fsp3) is 0.0233. The van der Waals surface area contributed by atoms with Crippen LogP contribution in [0.5, 0.6) is 0 Å². The standard InChI is InChI=1S/C43H31N3/c1-3-4-21-38-29(2)35-26-32(24-25-41(35)44(38)30-15-7-5-8-16-30)46-40-23-14-12-20-34(40)37-27-42-36(28-43(37)46)33-19-11-13-22-39(33)45(42)31-17-9-6-10-18-31/h3-28H,1H2,2H3/b21-4-. The summed E-state index contributed by atoms with van der Waals surface area (Å²) in [5, 5.41) is 6.23. The number of para-hydroxylation sites is 4. The molecular formula is C43H31N3. The van der Waals surface area contributed by atoms with Gasteiger partial charge in [0.05, 0.1) is 27.6 Å². The van der Waals surface area contributed by atoms with Crippen LogP contribution < -0.4 is 0 Å². The Bertz CT molecular complexity index is 2640. The number of hydrogen-bond donors (Lipinski definition) is 0. The van der Waals surface area contributed by atoms with Gasteiger partial charge < -0.3 is 13.7 Å². The average Bonchev–Trinajstić information content (AvgIpc) is 3.71. The predicted octanol–water partition coefficient (Wildman–Crippen LogP) is 11.3. The monoisotopic (exact) mass is 589 g/mol. The molecule has 0 N–H and O–H groups in total. The van der Waals surface area contributed by atoms with Crippen LogP contribution in [0.3, 0.4) is 0 Å². The van der Waals surface area contributed by atoms with Crippen molar-refractivity contribution in [3.05, 3.63) is 170 Å². The highest BCUT2D eigenvalue weighted by Crippen LogP contribution is 2.40. The van der Waals surface area contributed by atoms with E-state index < -0.39 is 0 Å². The molecule has 0 aliphatic rings. The Morgan fingerprint density at radius 2 is 0.935 bits per heavy atom. The Morgan fingerprint density at radius 1 is 0.435 bits per heavy atom. The van der Waals surface area contributed by atoms with Crippen molar-refractivity contribution in [1.29, 1.82) is 0 Å². The van der Waals surface area contributed by atoms with Crippen molar-refractivity contribution in [3.8, 4) is 17.1 Å². The summed E-state index contributed by atoms with van der Waals surface area (Å²) in [6.45, 7) is 6.15. The summed E-state index contributed by atoms with van der Waals surface area (Å²) in [7, 11) is 0. The van der Waals surface area contributed by atoms with E-state index in [-0.39, 0.29) is 0 Å². The smallest absolute Gasteiger partial charge is 0.0548 e. The molecule has 218 valence electrons. The van der Waals surface area contributed by atoms with Gasteiger partial charge in [0.2, 0.25) is 0 Å². The minimum atomic E-state index is 1.14. The Morgan fingerprint density at radius 3 is 1.52 bits per heavy atom. The van der Waals surface area contributed by atoms with E-state index in [0.29, 0.717) is 0 Å². The molecule has 6 aromatic carbocycles. The molecule has 9 rings (SSSR count). The number of benzene rings is 6. The molecule has 46 heavy (non-hydrogen) atoms. The maximum atomic E-state index is 3.93. The number of aromatic nitrogens is 3. The summed E-state index contributed by atoms with van der Waals surface area (Å²) in [6, 6.07) is 50.5. The Kier molecular flexibility index (Phi) is 5.87. The van der Waals surface area contributed by atoms with Crippen LogP contribution in [-0.4, -0.2) is 13.7 Å². The number of aryl methyl sites for hydroxylation is 1. The maximum absolute atomic E-state index is 3.93. The van der Waals surface area contributed by atoms with Crippen LogP contribution in [0.25, 0.3) is 77.7 Å². The Labute approximate surface area is 267 Å². The zero-order valence-electron chi connectivity index (χ0n) is 25.6. The summed E-state index contributed by atoms with van der Waals surface area (Å²) < 4.78 is 7.19. The second-order valence-corrected chi connectivity index (χ2v) is 11.9. The molecule has 0 amide bonds. The SMILES string of the molecule is C=C/C=C\c1c(C)c2cc(-n3c4ccccc4c4cc5c(cc43)c3ccccc3n5-c3ccccc3)ccc2n1-c1ccccc1. The van der Waals surface area contributed by atoms with Crippen LogP contribution in [0.1, 0.15) is 11.3 Å². The lowest BCUT2D eigenvalue weighted by Gasteiger charge is -2.11. The van der Waals surface area contributed by atoms with Gasteiger partial charge in [-0.05, 0) is 85.3 Å². The van der Waals surface area contributed by atoms with Crippen LogP contribution in [0.4, 0.5) is 0 Å². The van der Waals surface area contributed by atoms with E-state index >= 15 is 0 Å². The van der Waals surface area contributed by atoms with Gasteiger partial charge in [-0.2, -0.15) is 0 Å². The summed E-state index contributed by atoms with van der Waals surface area (Å²) in [5.41, 5.74) is 11.9. The Hall–Kier alpha value is -6.06. The molecule has 3 nitrogen and oxygen atoms in total. The van der Waals surface area contributed by atoms with Crippen LogP contribution in [0.2, 0.25) is 0 Å². The molecule has 0 aliphatic heterocycles. The number of allylic oxidation sites excluding steroid dienone is 2. The number of hydrogen-bond acceptors (Lipinski definition) is 0. The molecule has 0 unspecified atom stereocenters. The zero-order chi connectivity index (χ0) is 30.8. The highest BCUT2D eigenvalue weighted by molar-refractivity contribution is 6.19. The topological polar surface area (TPSA) is 14.8 Å². The molecule has 0 bridgehead atoms. The number of fused-ring (bicyclic) bond motifs is 7. The van der Waals surface area contributed by atoms with Gasteiger partial charge in [-0.3, -0.25) is 0 Å². The summed E-state index contributed by atoms with van der Waals surface area (Å²) in [5.74, 6) is 0. The molecule has 9 aromatic rings. The van der Waals surface area contributed by atoms with Crippen molar-refractivity contribution in [2.24, 2.45) is 0 Å². The van der Waals surface area contributed by atoms with Crippen LogP contribution in [0, 0.1) is 6.92 Å². The molecule has 3 heterocycles. The molecule has 0 atom stereocenters. The van der Waals surface area contributed by atoms with E-state index in [9.17, 15) is 0 Å². The first-order valence-corrected chi connectivity index (χ1v) is 15.7. The normalized spacial score (nSPS) is 12.0. The third-order valence-electron chi connectivity index (χ3n) is 9.39. The molecule has 0 aliphatic carbocycles. The largest absolute Gasteiger partial charge is 0.310 e. The average molecular weight is 590 g/mol. The van der Waals surface area contributed by atoms with Crippen molar-refractivity contribution >= 4 is 60.6 Å². The molecular weight excluding hydrogens is 558 g/mol. The molecule has 3 heteroatoms. The van der Waals surface area contributed by atoms with Gasteiger partial charge in [-0.15, -0.1) is 0 Å². The molecule has 0 fully saturated rings. The predicted molar refractivity (Wildman–Crippen MR) is 196 cm³/mol. The third kappa shape index (κ3) is 3.79. The second-order valence-electron chi connectivity index (χ2n) is 11.9. The highest BCUT2D eigenvalue weighted by atomic mass is 15.0. The van der Waals surface area contributed by atoms with Gasteiger partial charge in [0.25, 0.3) is 0 Å². The minimum absolute atomic E-state index is 1.14. The van der Waals surface area contributed by atoms with E-state index in [1.807, 2.05) is 12.2 Å². The first-order chi connectivity index (χ1) is 22.7. The quantitative estimate of drug-likeness (QED) is 0.177. The van der Waals surface area contributed by atoms with E-state index in [4.69, 9.17) is 0 Å². The first kappa shape index (κ1) is 26.4. The second kappa shape index (κ2) is 10.3. The van der Waals surface area contributed by atoms with Crippen LogP contribution in [0.15, 0.2) is 158 Å². The van der Waals surface area contributed by atoms with Gasteiger partial charge >= 0.3 is 0 Å². The zero-order valence-corrected chi connectivity index (χ0v) is 25.6. The van der Waals surface area contributed by atoms with Gasteiger partial charge in [0, 0.05) is 49.7 Å². The van der Waals surface area contributed by atoms with E-state index in [1.54, 1.807) is 0 Å². The fourth-order valence-electron chi connectivity index (χ4n) is 7.37. The van der Waals surface area contributed by atoms with Crippen molar-refractivity contribution in [1.82, 2.24) is 13.7 Å². The van der Waals surface area contributed by atoms with Gasteiger partial charge in [-0.1, -0.05) is 91.5 Å². The number of nitrogens with zero attached hydrogens (tertiary/aromatic N) is 3. The van der Waals surface area contributed by atoms with Crippen molar-refractivity contribution in [3.63, 3.8) is 0 Å². The van der Waals surface area contributed by atoms with Crippen molar-refractivity contribution < 1.29 is 0 Å². The van der Waals surface area contributed by atoms with Crippen LogP contribution >= 0.6 is 0 Å². The van der Waals surface area contributed by atoms with Gasteiger partial charge in [0.15, 0.2) is 0 Å². The molecule has 0 spiro atoms. The van der Waals surface area contributed by atoms with E-state index in [0.717, 1.165) is 17.1 Å². The molecule has 0 radical (unpaired) electrons. The van der Waals surface area contributed by atoms with E-state index in [1.165, 1.54) is 65.8 Å². The maximum Gasteiger partial charge on any atom is 0.0548 e. The lowest BCUT2D eigenvalue weighted by atomic mass is 10.1. The molecule has 3 aromatic heterocycles.